The van der Waals surface area contributed by atoms with E-state index in [-0.39, 0.29) is 17.9 Å². The summed E-state index contributed by atoms with van der Waals surface area (Å²) in [5.41, 5.74) is 4.56. The molecule has 0 saturated heterocycles. The Kier molecular flexibility index (Phi) is 4.57. The minimum atomic E-state index is -4.50. The van der Waals surface area contributed by atoms with Crippen molar-refractivity contribution in [2.45, 2.75) is 13.1 Å². The van der Waals surface area contributed by atoms with Crippen LogP contribution >= 0.6 is 0 Å². The number of esters is 1. The van der Waals surface area contributed by atoms with Crippen LogP contribution in [0.3, 0.4) is 0 Å². The molecule has 0 atom stereocenters. The van der Waals surface area contributed by atoms with Crippen LogP contribution in [-0.4, -0.2) is 25.3 Å². The zero-order valence-corrected chi connectivity index (χ0v) is 9.97. The van der Waals surface area contributed by atoms with Gasteiger partial charge in [0, 0.05) is 5.69 Å². The number of benzene rings is 1. The van der Waals surface area contributed by atoms with E-state index in [1.165, 1.54) is 0 Å². The standard InChI is InChI=1S/C11H12F4N2O2/c1-2-19-10(18)6-3-9(7(12)4-8(6)16)17-5-11(13,14)15/h3-4,17H,2,5,16H2,1H3. The second kappa shape index (κ2) is 5.77. The number of hydrogen-bond acceptors (Lipinski definition) is 4. The molecule has 19 heavy (non-hydrogen) atoms. The molecule has 0 saturated carbocycles. The highest BCUT2D eigenvalue weighted by Gasteiger charge is 2.27. The summed E-state index contributed by atoms with van der Waals surface area (Å²) in [6.07, 6.45) is -4.50. The molecule has 8 heteroatoms. The SMILES string of the molecule is CCOC(=O)c1cc(NCC(F)(F)F)c(F)cc1N. The van der Waals surface area contributed by atoms with Crippen molar-refractivity contribution >= 4 is 17.3 Å². The van der Waals surface area contributed by atoms with E-state index in [0.29, 0.717) is 0 Å². The van der Waals surface area contributed by atoms with Crippen LogP contribution in [0.1, 0.15) is 17.3 Å². The summed E-state index contributed by atoms with van der Waals surface area (Å²) in [7, 11) is 0. The van der Waals surface area contributed by atoms with Crippen molar-refractivity contribution in [3.8, 4) is 0 Å². The number of nitrogen functional groups attached to an aromatic ring is 1. The van der Waals surface area contributed by atoms with Gasteiger partial charge in [-0.1, -0.05) is 0 Å². The fourth-order valence-electron chi connectivity index (χ4n) is 1.31. The lowest BCUT2D eigenvalue weighted by Gasteiger charge is -2.13. The van der Waals surface area contributed by atoms with E-state index in [1.807, 2.05) is 5.32 Å². The quantitative estimate of drug-likeness (QED) is 0.505. The van der Waals surface area contributed by atoms with Crippen molar-refractivity contribution in [3.63, 3.8) is 0 Å². The Balaban J connectivity index is 2.99. The first-order valence-corrected chi connectivity index (χ1v) is 5.31. The summed E-state index contributed by atoms with van der Waals surface area (Å²) in [5.74, 6) is -1.80. The van der Waals surface area contributed by atoms with E-state index < -0.39 is 30.2 Å². The minimum absolute atomic E-state index is 0.0704. The average molecular weight is 280 g/mol. The van der Waals surface area contributed by atoms with E-state index in [4.69, 9.17) is 5.73 Å². The number of alkyl halides is 3. The normalized spacial score (nSPS) is 11.2. The predicted molar refractivity (Wildman–Crippen MR) is 61.3 cm³/mol. The zero-order chi connectivity index (χ0) is 14.6. The fraction of sp³-hybridized carbons (Fsp3) is 0.364. The first-order valence-electron chi connectivity index (χ1n) is 5.31. The summed E-state index contributed by atoms with van der Waals surface area (Å²) >= 11 is 0. The summed E-state index contributed by atoms with van der Waals surface area (Å²) in [6.45, 7) is 0.206. The Morgan fingerprint density at radius 3 is 2.58 bits per heavy atom. The average Bonchev–Trinajstić information content (AvgIpc) is 2.26. The third-order valence-electron chi connectivity index (χ3n) is 2.11. The fourth-order valence-corrected chi connectivity index (χ4v) is 1.31. The molecule has 0 aromatic heterocycles. The van der Waals surface area contributed by atoms with Gasteiger partial charge in [-0.25, -0.2) is 9.18 Å². The Labute approximate surface area is 106 Å². The van der Waals surface area contributed by atoms with E-state index in [2.05, 4.69) is 4.74 Å². The van der Waals surface area contributed by atoms with Crippen LogP contribution in [0.5, 0.6) is 0 Å². The Morgan fingerprint density at radius 1 is 1.42 bits per heavy atom. The number of carbonyl (C=O) groups excluding carboxylic acids is 1. The van der Waals surface area contributed by atoms with Crippen LogP contribution in [0.4, 0.5) is 28.9 Å². The maximum Gasteiger partial charge on any atom is 0.405 e. The maximum absolute atomic E-state index is 13.4. The number of nitrogens with one attached hydrogen (secondary N) is 1. The van der Waals surface area contributed by atoms with Gasteiger partial charge in [-0.15, -0.1) is 0 Å². The van der Waals surface area contributed by atoms with Gasteiger partial charge < -0.3 is 15.8 Å². The predicted octanol–water partition coefficient (Wildman–Crippen LogP) is 2.56. The van der Waals surface area contributed by atoms with Crippen LogP contribution in [-0.2, 0) is 4.74 Å². The molecule has 0 aliphatic heterocycles. The van der Waals surface area contributed by atoms with Crippen molar-refractivity contribution in [2.24, 2.45) is 0 Å². The summed E-state index contributed by atoms with van der Waals surface area (Å²) in [6, 6.07) is 1.67. The minimum Gasteiger partial charge on any atom is -0.462 e. The number of nitrogens with two attached hydrogens (primary N) is 1. The largest absolute Gasteiger partial charge is 0.462 e. The maximum atomic E-state index is 13.4. The number of hydrogen-bond donors (Lipinski definition) is 2. The molecule has 0 aliphatic carbocycles. The van der Waals surface area contributed by atoms with Gasteiger partial charge in [0.2, 0.25) is 0 Å². The molecule has 4 nitrogen and oxygen atoms in total. The van der Waals surface area contributed by atoms with Crippen LogP contribution in [0, 0.1) is 5.82 Å². The van der Waals surface area contributed by atoms with Gasteiger partial charge in [-0.05, 0) is 19.1 Å². The highest BCUT2D eigenvalue weighted by Crippen LogP contribution is 2.24. The van der Waals surface area contributed by atoms with Gasteiger partial charge in [-0.3, -0.25) is 0 Å². The molecule has 3 N–H and O–H groups in total. The Hall–Kier alpha value is -1.99. The molecule has 0 unspecified atom stereocenters. The van der Waals surface area contributed by atoms with E-state index >= 15 is 0 Å². The molecule has 1 aromatic carbocycles. The molecular formula is C11H12F4N2O2. The van der Waals surface area contributed by atoms with E-state index in [1.54, 1.807) is 6.92 Å². The smallest absolute Gasteiger partial charge is 0.405 e. The molecule has 1 rings (SSSR count). The van der Waals surface area contributed by atoms with Crippen LogP contribution in [0.15, 0.2) is 12.1 Å². The zero-order valence-electron chi connectivity index (χ0n) is 9.97. The molecule has 0 bridgehead atoms. The topological polar surface area (TPSA) is 64.3 Å². The Morgan fingerprint density at radius 2 is 2.05 bits per heavy atom. The summed E-state index contributed by atoms with van der Waals surface area (Å²) in [4.78, 5) is 11.5. The van der Waals surface area contributed by atoms with Crippen LogP contribution in [0.25, 0.3) is 0 Å². The summed E-state index contributed by atoms with van der Waals surface area (Å²) < 4.78 is 54.1. The first kappa shape index (κ1) is 15.1. The van der Waals surface area contributed by atoms with Gasteiger partial charge >= 0.3 is 12.1 Å². The first-order chi connectivity index (χ1) is 8.74. The highest BCUT2D eigenvalue weighted by atomic mass is 19.4. The van der Waals surface area contributed by atoms with Gasteiger partial charge in [0.1, 0.15) is 12.4 Å². The second-order valence-electron chi connectivity index (χ2n) is 3.61. The number of halogens is 4. The Bertz CT molecular complexity index is 474. The molecule has 106 valence electrons. The molecule has 0 spiro atoms. The van der Waals surface area contributed by atoms with Gasteiger partial charge in [-0.2, -0.15) is 13.2 Å². The molecule has 0 radical (unpaired) electrons. The van der Waals surface area contributed by atoms with Crippen molar-refractivity contribution in [1.29, 1.82) is 0 Å². The van der Waals surface area contributed by atoms with Gasteiger partial charge in [0.25, 0.3) is 0 Å². The molecule has 0 aliphatic rings. The lowest BCUT2D eigenvalue weighted by atomic mass is 10.1. The van der Waals surface area contributed by atoms with Crippen molar-refractivity contribution < 1.29 is 27.1 Å². The molecule has 0 fully saturated rings. The van der Waals surface area contributed by atoms with Gasteiger partial charge in [0.15, 0.2) is 0 Å². The highest BCUT2D eigenvalue weighted by molar-refractivity contribution is 5.96. The molecule has 0 heterocycles. The number of rotatable bonds is 4. The second-order valence-corrected chi connectivity index (χ2v) is 3.61. The van der Waals surface area contributed by atoms with Crippen LogP contribution in [0.2, 0.25) is 0 Å². The lowest BCUT2D eigenvalue weighted by molar-refractivity contribution is -0.115. The lowest BCUT2D eigenvalue weighted by Crippen LogP contribution is -2.22. The number of ether oxygens (including phenoxy) is 1. The van der Waals surface area contributed by atoms with Crippen LogP contribution < -0.4 is 11.1 Å². The monoisotopic (exact) mass is 280 g/mol. The van der Waals surface area contributed by atoms with Crippen molar-refractivity contribution in [2.75, 3.05) is 24.2 Å². The third kappa shape index (κ3) is 4.31. The van der Waals surface area contributed by atoms with Crippen molar-refractivity contribution in [3.05, 3.63) is 23.5 Å². The van der Waals surface area contributed by atoms with Crippen molar-refractivity contribution in [1.82, 2.24) is 0 Å². The van der Waals surface area contributed by atoms with E-state index in [9.17, 15) is 22.4 Å². The number of carbonyl (C=O) groups is 1. The third-order valence-corrected chi connectivity index (χ3v) is 2.11. The molecule has 1 aromatic rings. The summed E-state index contributed by atoms with van der Waals surface area (Å²) in [5, 5.41) is 1.85. The number of anilines is 2. The van der Waals surface area contributed by atoms with E-state index in [0.717, 1.165) is 12.1 Å². The van der Waals surface area contributed by atoms with Gasteiger partial charge in [0.05, 0.1) is 17.9 Å². The molecule has 0 amide bonds. The molecular weight excluding hydrogens is 268 g/mol.